The van der Waals surface area contributed by atoms with Crippen molar-refractivity contribution in [3.8, 4) is 0 Å². The molecule has 2 rings (SSSR count). The number of aromatic nitrogens is 2. The van der Waals surface area contributed by atoms with Gasteiger partial charge in [-0.2, -0.15) is 13.2 Å². The van der Waals surface area contributed by atoms with Gasteiger partial charge in [0, 0.05) is 17.0 Å². The van der Waals surface area contributed by atoms with Gasteiger partial charge in [-0.25, -0.2) is 9.97 Å². The van der Waals surface area contributed by atoms with E-state index in [1.807, 2.05) is 0 Å². The van der Waals surface area contributed by atoms with E-state index in [1.54, 1.807) is 6.92 Å². The lowest BCUT2D eigenvalue weighted by Gasteiger charge is -2.38. The highest BCUT2D eigenvalue weighted by Crippen LogP contribution is 2.28. The van der Waals surface area contributed by atoms with E-state index in [9.17, 15) is 18.3 Å². The fraction of sp³-hybridized carbons (Fsp3) is 0.667. The van der Waals surface area contributed by atoms with Gasteiger partial charge in [-0.05, 0) is 11.6 Å². The average Bonchev–Trinajstić information content (AvgIpc) is 2.51. The molecule has 8 nitrogen and oxygen atoms in total. The molecule has 0 radical (unpaired) electrons. The molecule has 1 fully saturated rings. The van der Waals surface area contributed by atoms with Gasteiger partial charge >= 0.3 is 6.18 Å². The molecule has 0 amide bonds. The first-order chi connectivity index (χ1) is 10.8. The molecular formula is C12H15F3N6O2. The first-order valence-corrected chi connectivity index (χ1v) is 6.80. The Morgan fingerprint density at radius 3 is 2.96 bits per heavy atom. The van der Waals surface area contributed by atoms with Crippen LogP contribution in [0.25, 0.3) is 10.4 Å². The van der Waals surface area contributed by atoms with Crippen LogP contribution in [0.5, 0.6) is 0 Å². The summed E-state index contributed by atoms with van der Waals surface area (Å²) in [5.41, 5.74) is 7.23. The van der Waals surface area contributed by atoms with Crippen molar-refractivity contribution in [2.24, 2.45) is 11.0 Å². The summed E-state index contributed by atoms with van der Waals surface area (Å²) in [6.07, 6.45) is -5.14. The van der Waals surface area contributed by atoms with Crippen molar-refractivity contribution < 1.29 is 23.0 Å². The predicted octanol–water partition coefficient (Wildman–Crippen LogP) is 1.98. The highest BCUT2D eigenvalue weighted by atomic mass is 19.4. The zero-order chi connectivity index (χ0) is 17.0. The van der Waals surface area contributed by atoms with Crippen molar-refractivity contribution in [3.63, 3.8) is 0 Å². The van der Waals surface area contributed by atoms with Crippen LogP contribution in [0.15, 0.2) is 17.4 Å². The third-order valence-corrected chi connectivity index (χ3v) is 3.63. The first-order valence-electron chi connectivity index (χ1n) is 6.80. The molecule has 23 heavy (non-hydrogen) atoms. The number of nitrogens with zero attached hydrogens (tertiary/aromatic N) is 5. The molecule has 1 aromatic rings. The molecule has 0 aromatic carbocycles. The Hall–Kier alpha value is -2.10. The maximum Gasteiger partial charge on any atom is 0.433 e. The molecule has 0 aliphatic carbocycles. The fourth-order valence-electron chi connectivity index (χ4n) is 2.26. The second kappa shape index (κ2) is 6.99. The second-order valence-electron chi connectivity index (χ2n) is 5.15. The Kier molecular flexibility index (Phi) is 5.24. The monoisotopic (exact) mass is 332 g/mol. The number of nitrogens with one attached hydrogen (secondary N) is 1. The number of azide groups is 1. The number of aliphatic hydroxyl groups excluding tert-OH is 1. The molecular weight excluding hydrogens is 317 g/mol. The van der Waals surface area contributed by atoms with Gasteiger partial charge in [-0.3, -0.25) is 0 Å². The highest BCUT2D eigenvalue weighted by Gasteiger charge is 2.37. The molecule has 126 valence electrons. The van der Waals surface area contributed by atoms with Gasteiger partial charge in [0.1, 0.15) is 5.69 Å². The van der Waals surface area contributed by atoms with Crippen LogP contribution in [-0.2, 0) is 10.9 Å². The Bertz CT molecular complexity index is 592. The van der Waals surface area contributed by atoms with E-state index in [2.05, 4.69) is 25.3 Å². The predicted molar refractivity (Wildman–Crippen MR) is 73.4 cm³/mol. The van der Waals surface area contributed by atoms with Gasteiger partial charge in [0.05, 0.1) is 31.4 Å². The molecule has 0 saturated carbocycles. The van der Waals surface area contributed by atoms with Crippen molar-refractivity contribution in [1.29, 1.82) is 0 Å². The molecule has 2 heterocycles. The molecule has 0 spiro atoms. The Morgan fingerprint density at radius 1 is 1.57 bits per heavy atom. The summed E-state index contributed by atoms with van der Waals surface area (Å²) in [7, 11) is 0. The lowest BCUT2D eigenvalue weighted by molar-refractivity contribution is -0.141. The van der Waals surface area contributed by atoms with Crippen LogP contribution in [-0.4, -0.2) is 46.5 Å². The van der Waals surface area contributed by atoms with Gasteiger partial charge in [-0.15, -0.1) is 0 Å². The van der Waals surface area contributed by atoms with E-state index in [1.165, 1.54) is 0 Å². The Labute approximate surface area is 129 Å². The minimum atomic E-state index is -4.56. The lowest BCUT2D eigenvalue weighted by atomic mass is 9.90. The van der Waals surface area contributed by atoms with E-state index in [0.29, 0.717) is 0 Å². The first kappa shape index (κ1) is 17.3. The summed E-state index contributed by atoms with van der Waals surface area (Å²) >= 11 is 0. The SMILES string of the molecule is C[C@H]1[C@@H](O)[C@@H](CN=[N+]=[N-])OC[C@@H]1Nc1nccc(C(F)(F)F)n1. The van der Waals surface area contributed by atoms with Crippen LogP contribution in [0, 0.1) is 5.92 Å². The Morgan fingerprint density at radius 2 is 2.30 bits per heavy atom. The van der Waals surface area contributed by atoms with Crippen molar-refractivity contribution >= 4 is 5.95 Å². The minimum Gasteiger partial charge on any atom is -0.390 e. The molecule has 11 heteroatoms. The lowest BCUT2D eigenvalue weighted by Crippen LogP contribution is -2.52. The third kappa shape index (κ3) is 4.21. The smallest absolute Gasteiger partial charge is 0.390 e. The van der Waals surface area contributed by atoms with Gasteiger partial charge < -0.3 is 15.2 Å². The normalized spacial score (nSPS) is 28.0. The fourth-order valence-corrected chi connectivity index (χ4v) is 2.26. The van der Waals surface area contributed by atoms with Crippen LogP contribution in [0.1, 0.15) is 12.6 Å². The van der Waals surface area contributed by atoms with Crippen molar-refractivity contribution in [3.05, 3.63) is 28.4 Å². The second-order valence-corrected chi connectivity index (χ2v) is 5.15. The summed E-state index contributed by atoms with van der Waals surface area (Å²) < 4.78 is 43.3. The highest BCUT2D eigenvalue weighted by molar-refractivity contribution is 5.28. The topological polar surface area (TPSA) is 116 Å². The standard InChI is InChI=1S/C12H15F3N6O2/c1-6-7(5-23-8(10(6)22)4-18-21-16)19-11-17-3-2-9(20-11)12(13,14)15/h2-3,6-8,10,22H,4-5H2,1H3,(H,17,19,20)/t6-,7+,8-,10-/m1/s1. The van der Waals surface area contributed by atoms with E-state index >= 15 is 0 Å². The molecule has 0 unspecified atom stereocenters. The summed E-state index contributed by atoms with van der Waals surface area (Å²) in [5.74, 6) is -0.554. The van der Waals surface area contributed by atoms with Crippen LogP contribution in [0.4, 0.5) is 19.1 Å². The maximum atomic E-state index is 12.6. The molecule has 1 aliphatic rings. The quantitative estimate of drug-likeness (QED) is 0.497. The van der Waals surface area contributed by atoms with E-state index < -0.39 is 30.1 Å². The van der Waals surface area contributed by atoms with Gasteiger partial charge in [-0.1, -0.05) is 12.0 Å². The molecule has 2 N–H and O–H groups in total. The van der Waals surface area contributed by atoms with Crippen molar-refractivity contribution in [2.45, 2.75) is 31.3 Å². The molecule has 1 saturated heterocycles. The number of alkyl halides is 3. The molecule has 4 atom stereocenters. The number of anilines is 1. The number of hydrogen-bond acceptors (Lipinski definition) is 6. The van der Waals surface area contributed by atoms with Crippen LogP contribution in [0.3, 0.4) is 0 Å². The number of hydrogen-bond donors (Lipinski definition) is 2. The van der Waals surface area contributed by atoms with E-state index in [4.69, 9.17) is 10.3 Å². The van der Waals surface area contributed by atoms with E-state index in [0.717, 1.165) is 12.3 Å². The average molecular weight is 332 g/mol. The van der Waals surface area contributed by atoms with Gasteiger partial charge in [0.15, 0.2) is 0 Å². The van der Waals surface area contributed by atoms with E-state index in [-0.39, 0.29) is 25.0 Å². The zero-order valence-electron chi connectivity index (χ0n) is 12.1. The minimum absolute atomic E-state index is 0.0191. The summed E-state index contributed by atoms with van der Waals surface area (Å²) in [5, 5.41) is 16.2. The van der Waals surface area contributed by atoms with Crippen LogP contribution in [0.2, 0.25) is 0 Å². The molecule has 0 bridgehead atoms. The molecule has 1 aromatic heterocycles. The third-order valence-electron chi connectivity index (χ3n) is 3.63. The van der Waals surface area contributed by atoms with Gasteiger partial charge in [0.25, 0.3) is 0 Å². The van der Waals surface area contributed by atoms with Crippen molar-refractivity contribution in [2.75, 3.05) is 18.5 Å². The van der Waals surface area contributed by atoms with Crippen molar-refractivity contribution in [1.82, 2.24) is 9.97 Å². The largest absolute Gasteiger partial charge is 0.433 e. The van der Waals surface area contributed by atoms with Gasteiger partial charge in [0.2, 0.25) is 5.95 Å². The summed E-state index contributed by atoms with van der Waals surface area (Å²) in [6, 6.07) is 0.298. The summed E-state index contributed by atoms with van der Waals surface area (Å²) in [4.78, 5) is 9.76. The molecule has 1 aliphatic heterocycles. The Balaban J connectivity index is 2.05. The number of rotatable bonds is 4. The number of halogens is 3. The number of ether oxygens (including phenoxy) is 1. The number of aliphatic hydroxyl groups is 1. The van der Waals surface area contributed by atoms with Crippen LogP contribution >= 0.6 is 0 Å². The van der Waals surface area contributed by atoms with Crippen LogP contribution < -0.4 is 5.32 Å². The summed E-state index contributed by atoms with van der Waals surface area (Å²) in [6.45, 7) is 1.81. The zero-order valence-corrected chi connectivity index (χ0v) is 12.1. The maximum absolute atomic E-state index is 12.6.